The molecule has 0 spiro atoms. The average molecular weight is 294 g/mol. The molecule has 0 saturated heterocycles. The molecule has 0 bridgehead atoms. The van der Waals surface area contributed by atoms with Crippen LogP contribution >= 0.6 is 11.3 Å². The molecule has 0 fully saturated rings. The minimum atomic E-state index is -1.18. The van der Waals surface area contributed by atoms with E-state index in [1.54, 1.807) is 6.20 Å². The van der Waals surface area contributed by atoms with E-state index in [-0.39, 0.29) is 17.3 Å². The average Bonchev–Trinajstić information content (AvgIpc) is 2.95. The van der Waals surface area contributed by atoms with E-state index in [1.165, 1.54) is 29.3 Å². The van der Waals surface area contributed by atoms with Crippen LogP contribution in [0.5, 0.6) is 0 Å². The Balaban J connectivity index is 2.20. The first-order chi connectivity index (χ1) is 9.40. The molecule has 0 saturated carbocycles. The lowest BCUT2D eigenvalue weighted by Gasteiger charge is -2.12. The van der Waals surface area contributed by atoms with E-state index in [0.717, 1.165) is 9.88 Å². The molecular formula is C12H14N4O3S. The summed E-state index contributed by atoms with van der Waals surface area (Å²) in [5.74, 6) is -1.65. The summed E-state index contributed by atoms with van der Waals surface area (Å²) < 4.78 is 1.25. The molecule has 2 rings (SSSR count). The van der Waals surface area contributed by atoms with Gasteiger partial charge in [-0.2, -0.15) is 5.10 Å². The minimum absolute atomic E-state index is 0.0330. The highest BCUT2D eigenvalue weighted by molar-refractivity contribution is 7.11. The maximum absolute atomic E-state index is 12.2. The minimum Gasteiger partial charge on any atom is -0.478 e. The van der Waals surface area contributed by atoms with Gasteiger partial charge in [0, 0.05) is 18.1 Å². The molecular weight excluding hydrogens is 280 g/mol. The lowest BCUT2D eigenvalue weighted by atomic mass is 10.2. The van der Waals surface area contributed by atoms with Crippen LogP contribution in [0, 0.1) is 6.92 Å². The highest BCUT2D eigenvalue weighted by Crippen LogP contribution is 2.20. The van der Waals surface area contributed by atoms with Crippen molar-refractivity contribution in [2.24, 2.45) is 7.05 Å². The molecule has 20 heavy (non-hydrogen) atoms. The topological polar surface area (TPSA) is 97.1 Å². The van der Waals surface area contributed by atoms with Crippen LogP contribution in [-0.2, 0) is 7.05 Å². The third-order valence-electron chi connectivity index (χ3n) is 2.80. The van der Waals surface area contributed by atoms with Crippen molar-refractivity contribution < 1.29 is 14.7 Å². The highest BCUT2D eigenvalue weighted by Gasteiger charge is 2.23. The summed E-state index contributed by atoms with van der Waals surface area (Å²) in [7, 11) is 1.53. The summed E-state index contributed by atoms with van der Waals surface area (Å²) in [4.78, 5) is 28.3. The van der Waals surface area contributed by atoms with Gasteiger partial charge in [0.05, 0.1) is 17.2 Å². The normalized spacial score (nSPS) is 12.2. The third kappa shape index (κ3) is 2.69. The van der Waals surface area contributed by atoms with E-state index in [2.05, 4.69) is 15.4 Å². The van der Waals surface area contributed by atoms with Gasteiger partial charge in [0.1, 0.15) is 11.3 Å². The van der Waals surface area contributed by atoms with Gasteiger partial charge in [0.2, 0.25) is 0 Å². The molecule has 0 aromatic carbocycles. The quantitative estimate of drug-likeness (QED) is 0.887. The van der Waals surface area contributed by atoms with Crippen LogP contribution in [0.25, 0.3) is 0 Å². The molecule has 8 heteroatoms. The van der Waals surface area contributed by atoms with Crippen LogP contribution in [0.2, 0.25) is 0 Å². The molecule has 7 nitrogen and oxygen atoms in total. The Morgan fingerprint density at radius 1 is 1.45 bits per heavy atom. The van der Waals surface area contributed by atoms with Gasteiger partial charge >= 0.3 is 5.97 Å². The van der Waals surface area contributed by atoms with Gasteiger partial charge in [0.15, 0.2) is 0 Å². The summed E-state index contributed by atoms with van der Waals surface area (Å²) in [5.41, 5.74) is -0.0803. The summed E-state index contributed by atoms with van der Waals surface area (Å²) >= 11 is 1.49. The molecule has 2 aromatic rings. The van der Waals surface area contributed by atoms with Crippen molar-refractivity contribution in [2.75, 3.05) is 0 Å². The van der Waals surface area contributed by atoms with E-state index in [4.69, 9.17) is 5.11 Å². The largest absolute Gasteiger partial charge is 0.478 e. The van der Waals surface area contributed by atoms with Crippen molar-refractivity contribution in [1.29, 1.82) is 0 Å². The van der Waals surface area contributed by atoms with E-state index in [0.29, 0.717) is 0 Å². The van der Waals surface area contributed by atoms with Gasteiger partial charge in [-0.1, -0.05) is 0 Å². The number of thiazole rings is 1. The molecule has 1 atom stereocenters. The Hall–Kier alpha value is -2.22. The van der Waals surface area contributed by atoms with Crippen molar-refractivity contribution in [1.82, 2.24) is 20.1 Å². The van der Waals surface area contributed by atoms with E-state index in [9.17, 15) is 9.59 Å². The second kappa shape index (κ2) is 5.41. The molecule has 2 aromatic heterocycles. The summed E-state index contributed by atoms with van der Waals surface area (Å²) in [6, 6.07) is -0.245. The van der Waals surface area contributed by atoms with Gasteiger partial charge in [-0.15, -0.1) is 11.3 Å². The second-order valence-corrected chi connectivity index (χ2v) is 5.58. The Labute approximate surface area is 119 Å². The van der Waals surface area contributed by atoms with Crippen molar-refractivity contribution in [3.63, 3.8) is 0 Å². The highest BCUT2D eigenvalue weighted by atomic mass is 32.1. The van der Waals surface area contributed by atoms with Crippen LogP contribution in [0.1, 0.15) is 43.7 Å². The van der Waals surface area contributed by atoms with Gasteiger partial charge < -0.3 is 10.4 Å². The van der Waals surface area contributed by atoms with Crippen LogP contribution in [-0.4, -0.2) is 31.7 Å². The standard InChI is InChI=1S/C12H14N4O3S/c1-6(9-5-13-7(2)20-9)15-11(17)10-8(12(18)19)4-14-16(10)3/h4-6H,1-3H3,(H,15,17)(H,18,19). The van der Waals surface area contributed by atoms with Gasteiger partial charge in [-0.3, -0.25) is 9.48 Å². The number of hydrogen-bond acceptors (Lipinski definition) is 5. The number of aromatic carboxylic acids is 1. The molecule has 106 valence electrons. The monoisotopic (exact) mass is 294 g/mol. The fourth-order valence-corrected chi connectivity index (χ4v) is 2.57. The smallest absolute Gasteiger partial charge is 0.339 e. The zero-order valence-electron chi connectivity index (χ0n) is 11.2. The van der Waals surface area contributed by atoms with Gasteiger partial charge in [-0.05, 0) is 13.8 Å². The van der Waals surface area contributed by atoms with Crippen LogP contribution in [0.3, 0.4) is 0 Å². The molecule has 2 heterocycles. The number of rotatable bonds is 4. The molecule has 0 aliphatic carbocycles. The lowest BCUT2D eigenvalue weighted by molar-refractivity contribution is 0.0690. The van der Waals surface area contributed by atoms with E-state index in [1.807, 2.05) is 13.8 Å². The molecule has 2 N–H and O–H groups in total. The predicted octanol–water partition coefficient (Wildman–Crippen LogP) is 1.37. The van der Waals surface area contributed by atoms with Crippen molar-refractivity contribution in [3.05, 3.63) is 33.5 Å². The fourth-order valence-electron chi connectivity index (χ4n) is 1.78. The number of nitrogens with one attached hydrogen (secondary N) is 1. The first-order valence-corrected chi connectivity index (χ1v) is 6.70. The van der Waals surface area contributed by atoms with Crippen LogP contribution in [0.15, 0.2) is 12.4 Å². The first-order valence-electron chi connectivity index (χ1n) is 5.88. The number of carbonyl (C=O) groups excluding carboxylic acids is 1. The molecule has 0 radical (unpaired) electrons. The maximum Gasteiger partial charge on any atom is 0.339 e. The summed E-state index contributed by atoms with van der Waals surface area (Å²) in [5, 5.41) is 16.5. The zero-order chi connectivity index (χ0) is 14.9. The van der Waals surface area contributed by atoms with Crippen molar-refractivity contribution in [2.45, 2.75) is 19.9 Å². The molecule has 0 aliphatic rings. The van der Waals surface area contributed by atoms with Crippen molar-refractivity contribution in [3.8, 4) is 0 Å². The zero-order valence-corrected chi connectivity index (χ0v) is 12.1. The van der Waals surface area contributed by atoms with E-state index < -0.39 is 11.9 Å². The molecule has 1 amide bonds. The number of nitrogens with zero attached hydrogens (tertiary/aromatic N) is 3. The molecule has 1 unspecified atom stereocenters. The SMILES string of the molecule is Cc1ncc(C(C)NC(=O)c2c(C(=O)O)cnn2C)s1. The van der Waals surface area contributed by atoms with Gasteiger partial charge in [-0.25, -0.2) is 9.78 Å². The number of aromatic nitrogens is 3. The number of carbonyl (C=O) groups is 2. The van der Waals surface area contributed by atoms with Crippen molar-refractivity contribution >= 4 is 23.2 Å². The number of carboxylic acid groups (broad SMARTS) is 1. The number of hydrogen-bond donors (Lipinski definition) is 2. The van der Waals surface area contributed by atoms with Crippen LogP contribution < -0.4 is 5.32 Å². The van der Waals surface area contributed by atoms with Gasteiger partial charge in [0.25, 0.3) is 5.91 Å². The van der Waals surface area contributed by atoms with E-state index >= 15 is 0 Å². The summed E-state index contributed by atoms with van der Waals surface area (Å²) in [6.07, 6.45) is 2.87. The second-order valence-electron chi connectivity index (χ2n) is 4.31. The summed E-state index contributed by atoms with van der Waals surface area (Å²) in [6.45, 7) is 3.70. The number of amides is 1. The Kier molecular flexibility index (Phi) is 3.84. The number of carboxylic acids is 1. The Morgan fingerprint density at radius 2 is 2.15 bits per heavy atom. The molecule has 0 aliphatic heterocycles. The maximum atomic E-state index is 12.2. The Morgan fingerprint density at radius 3 is 2.70 bits per heavy atom. The van der Waals surface area contributed by atoms with Crippen LogP contribution in [0.4, 0.5) is 0 Å². The predicted molar refractivity (Wildman–Crippen MR) is 72.9 cm³/mol. The fraction of sp³-hybridized carbons (Fsp3) is 0.333. The number of aryl methyl sites for hydroxylation is 2. The third-order valence-corrected chi connectivity index (χ3v) is 3.89. The Bertz CT molecular complexity index is 661. The lowest BCUT2D eigenvalue weighted by Crippen LogP contribution is -2.29. The first kappa shape index (κ1) is 14.2.